The fourth-order valence-corrected chi connectivity index (χ4v) is 2.75. The van der Waals surface area contributed by atoms with Gasteiger partial charge < -0.3 is 15.0 Å². The number of nitrogens with one attached hydrogen (secondary N) is 1. The molecule has 26 heavy (non-hydrogen) atoms. The van der Waals surface area contributed by atoms with Gasteiger partial charge >= 0.3 is 12.3 Å². The molecule has 0 spiro atoms. The van der Waals surface area contributed by atoms with Crippen LogP contribution in [0.4, 0.5) is 23.7 Å². The second-order valence-corrected chi connectivity index (χ2v) is 5.93. The van der Waals surface area contributed by atoms with Crippen molar-refractivity contribution in [3.63, 3.8) is 0 Å². The van der Waals surface area contributed by atoms with Crippen molar-refractivity contribution >= 4 is 17.7 Å². The molecule has 6 nitrogen and oxygen atoms in total. The van der Waals surface area contributed by atoms with Crippen molar-refractivity contribution in [1.82, 2.24) is 9.80 Å². The second-order valence-electron chi connectivity index (χ2n) is 5.93. The topological polar surface area (TPSA) is 61.9 Å². The zero-order valence-electron chi connectivity index (χ0n) is 14.7. The maximum atomic E-state index is 13.0. The summed E-state index contributed by atoms with van der Waals surface area (Å²) in [6.45, 7) is 5.31. The molecule has 1 aromatic carbocycles. The Hall–Kier alpha value is -2.29. The Bertz CT molecular complexity index is 644. The normalized spacial score (nSPS) is 16.9. The van der Waals surface area contributed by atoms with Crippen molar-refractivity contribution < 1.29 is 27.5 Å². The number of para-hydroxylation sites is 1. The molecule has 1 N–H and O–H groups in total. The molecule has 1 atom stereocenters. The van der Waals surface area contributed by atoms with E-state index in [1.807, 2.05) is 4.90 Å². The standard InChI is InChI=1S/C17H22F3N3O3/c1-3-26-16(25)23-10-8-22(9-11-23)12(2)15(24)21-14-7-5-4-6-13(14)17(18,19)20/h4-7,12H,3,8-11H2,1-2H3,(H,21,24)/t12-/m0/s1. The van der Waals surface area contributed by atoms with Crippen LogP contribution in [-0.4, -0.2) is 60.6 Å². The van der Waals surface area contributed by atoms with Gasteiger partial charge in [-0.2, -0.15) is 13.2 Å². The van der Waals surface area contributed by atoms with Crippen LogP contribution in [-0.2, 0) is 15.7 Å². The Morgan fingerprint density at radius 1 is 1.19 bits per heavy atom. The zero-order valence-corrected chi connectivity index (χ0v) is 14.7. The lowest BCUT2D eigenvalue weighted by atomic mass is 10.1. The summed E-state index contributed by atoms with van der Waals surface area (Å²) < 4.78 is 44.0. The smallest absolute Gasteiger partial charge is 0.418 e. The minimum Gasteiger partial charge on any atom is -0.450 e. The lowest BCUT2D eigenvalue weighted by Gasteiger charge is -2.36. The minimum absolute atomic E-state index is 0.262. The summed E-state index contributed by atoms with van der Waals surface area (Å²) in [6.07, 6.45) is -4.94. The van der Waals surface area contributed by atoms with E-state index >= 15 is 0 Å². The second kappa shape index (κ2) is 8.39. The minimum atomic E-state index is -4.54. The van der Waals surface area contributed by atoms with Gasteiger partial charge in [-0.15, -0.1) is 0 Å². The van der Waals surface area contributed by atoms with Crippen LogP contribution in [0.2, 0.25) is 0 Å². The number of ether oxygens (including phenoxy) is 1. The first-order chi connectivity index (χ1) is 12.2. The highest BCUT2D eigenvalue weighted by atomic mass is 19.4. The Balaban J connectivity index is 1.96. The van der Waals surface area contributed by atoms with E-state index in [2.05, 4.69) is 5.32 Å². The third kappa shape index (κ3) is 4.87. The van der Waals surface area contributed by atoms with E-state index in [1.165, 1.54) is 18.2 Å². The van der Waals surface area contributed by atoms with E-state index in [1.54, 1.807) is 18.7 Å². The molecule has 1 aliphatic heterocycles. The molecule has 2 rings (SSSR count). The van der Waals surface area contributed by atoms with Crippen molar-refractivity contribution in [2.24, 2.45) is 0 Å². The van der Waals surface area contributed by atoms with E-state index in [0.29, 0.717) is 26.2 Å². The third-order valence-corrected chi connectivity index (χ3v) is 4.26. The van der Waals surface area contributed by atoms with Crippen LogP contribution in [0.15, 0.2) is 24.3 Å². The van der Waals surface area contributed by atoms with E-state index in [4.69, 9.17) is 4.74 Å². The van der Waals surface area contributed by atoms with Crippen LogP contribution < -0.4 is 5.32 Å². The van der Waals surface area contributed by atoms with Crippen molar-refractivity contribution in [3.8, 4) is 0 Å². The number of benzene rings is 1. The SMILES string of the molecule is CCOC(=O)N1CCN([C@@H](C)C(=O)Nc2ccccc2C(F)(F)F)CC1. The molecular formula is C17H22F3N3O3. The van der Waals surface area contributed by atoms with Crippen LogP contribution in [0, 0.1) is 0 Å². The van der Waals surface area contributed by atoms with E-state index in [-0.39, 0.29) is 12.3 Å². The van der Waals surface area contributed by atoms with Gasteiger partial charge in [0.2, 0.25) is 5.91 Å². The number of carbonyl (C=O) groups excluding carboxylic acids is 2. The number of halogens is 3. The average molecular weight is 373 g/mol. The predicted octanol–water partition coefficient (Wildman–Crippen LogP) is 2.81. The number of rotatable bonds is 4. The van der Waals surface area contributed by atoms with E-state index in [9.17, 15) is 22.8 Å². The summed E-state index contributed by atoms with van der Waals surface area (Å²) in [5.74, 6) is -0.522. The number of hydrogen-bond donors (Lipinski definition) is 1. The number of hydrogen-bond acceptors (Lipinski definition) is 4. The average Bonchev–Trinajstić information content (AvgIpc) is 2.61. The van der Waals surface area contributed by atoms with E-state index < -0.39 is 29.8 Å². The summed E-state index contributed by atoms with van der Waals surface area (Å²) in [4.78, 5) is 27.4. The number of piperazine rings is 1. The van der Waals surface area contributed by atoms with Gasteiger partial charge in [-0.05, 0) is 26.0 Å². The molecule has 1 aromatic rings. The Labute approximate surface area is 149 Å². The van der Waals surface area contributed by atoms with Gasteiger partial charge in [-0.25, -0.2) is 4.79 Å². The van der Waals surface area contributed by atoms with Crippen LogP contribution in [0.5, 0.6) is 0 Å². The fraction of sp³-hybridized carbons (Fsp3) is 0.529. The molecule has 0 unspecified atom stereocenters. The molecule has 0 saturated carbocycles. The summed E-state index contributed by atoms with van der Waals surface area (Å²) in [6, 6.07) is 4.25. The summed E-state index contributed by atoms with van der Waals surface area (Å²) in [5.41, 5.74) is -1.14. The molecule has 2 amide bonds. The van der Waals surface area contributed by atoms with Crippen LogP contribution in [0.25, 0.3) is 0 Å². The third-order valence-electron chi connectivity index (χ3n) is 4.26. The van der Waals surface area contributed by atoms with E-state index in [0.717, 1.165) is 6.07 Å². The molecular weight excluding hydrogens is 351 g/mol. The molecule has 9 heteroatoms. The Morgan fingerprint density at radius 3 is 2.38 bits per heavy atom. The monoisotopic (exact) mass is 373 g/mol. The van der Waals surface area contributed by atoms with Gasteiger partial charge in [0.15, 0.2) is 0 Å². The zero-order chi connectivity index (χ0) is 19.3. The first-order valence-electron chi connectivity index (χ1n) is 8.37. The van der Waals surface area contributed by atoms with Gasteiger partial charge in [0, 0.05) is 26.2 Å². The van der Waals surface area contributed by atoms with Gasteiger partial charge in [0.05, 0.1) is 23.9 Å². The fourth-order valence-electron chi connectivity index (χ4n) is 2.75. The number of alkyl halides is 3. The van der Waals surface area contributed by atoms with Crippen molar-refractivity contribution in [1.29, 1.82) is 0 Å². The molecule has 1 heterocycles. The Kier molecular flexibility index (Phi) is 6.47. The van der Waals surface area contributed by atoms with Gasteiger partial charge in [0.1, 0.15) is 0 Å². The number of nitrogens with zero attached hydrogens (tertiary/aromatic N) is 2. The van der Waals surface area contributed by atoms with Crippen molar-refractivity contribution in [3.05, 3.63) is 29.8 Å². The molecule has 0 aromatic heterocycles. The maximum Gasteiger partial charge on any atom is 0.418 e. The van der Waals surface area contributed by atoms with Crippen LogP contribution in [0.3, 0.4) is 0 Å². The molecule has 1 saturated heterocycles. The maximum absolute atomic E-state index is 13.0. The molecule has 144 valence electrons. The van der Waals surface area contributed by atoms with Crippen molar-refractivity contribution in [2.75, 3.05) is 38.1 Å². The van der Waals surface area contributed by atoms with Crippen LogP contribution >= 0.6 is 0 Å². The number of anilines is 1. The van der Waals surface area contributed by atoms with Crippen LogP contribution in [0.1, 0.15) is 19.4 Å². The molecule has 1 aliphatic rings. The quantitative estimate of drug-likeness (QED) is 0.882. The molecule has 1 fully saturated rings. The first kappa shape index (κ1) is 20.0. The first-order valence-corrected chi connectivity index (χ1v) is 8.37. The summed E-state index contributed by atoms with van der Waals surface area (Å²) in [7, 11) is 0. The largest absolute Gasteiger partial charge is 0.450 e. The van der Waals surface area contributed by atoms with Crippen molar-refractivity contribution in [2.45, 2.75) is 26.1 Å². The molecule has 0 radical (unpaired) electrons. The highest BCUT2D eigenvalue weighted by Gasteiger charge is 2.34. The number of amides is 2. The Morgan fingerprint density at radius 2 is 1.81 bits per heavy atom. The molecule has 0 aliphatic carbocycles. The van der Waals surface area contributed by atoms with Gasteiger partial charge in [-0.3, -0.25) is 9.69 Å². The van der Waals surface area contributed by atoms with Gasteiger partial charge in [-0.1, -0.05) is 12.1 Å². The lowest BCUT2D eigenvalue weighted by molar-refractivity contribution is -0.137. The highest BCUT2D eigenvalue weighted by molar-refractivity contribution is 5.95. The lowest BCUT2D eigenvalue weighted by Crippen LogP contribution is -2.54. The summed E-state index contributed by atoms with van der Waals surface area (Å²) in [5, 5.41) is 2.36. The van der Waals surface area contributed by atoms with Gasteiger partial charge in [0.25, 0.3) is 0 Å². The molecule has 0 bridgehead atoms. The number of carbonyl (C=O) groups is 2. The highest BCUT2D eigenvalue weighted by Crippen LogP contribution is 2.34. The summed E-state index contributed by atoms with van der Waals surface area (Å²) >= 11 is 0. The predicted molar refractivity (Wildman–Crippen MR) is 89.7 cm³/mol.